The molecule has 3 aromatic rings. The van der Waals surface area contributed by atoms with Gasteiger partial charge in [0.2, 0.25) is 5.88 Å². The minimum Gasteiger partial charge on any atom is -0.434 e. The first-order chi connectivity index (χ1) is 8.75. The van der Waals surface area contributed by atoms with E-state index in [2.05, 4.69) is 19.9 Å². The number of ether oxygens (including phenoxy) is 1. The second-order valence-electron chi connectivity index (χ2n) is 3.88. The number of imidazole rings is 1. The van der Waals surface area contributed by atoms with Crippen LogP contribution in [0, 0.1) is 6.92 Å². The monoisotopic (exact) mass is 241 g/mol. The summed E-state index contributed by atoms with van der Waals surface area (Å²) >= 11 is 0. The van der Waals surface area contributed by atoms with E-state index in [1.54, 1.807) is 12.4 Å². The molecule has 0 saturated heterocycles. The average Bonchev–Trinajstić information content (AvgIpc) is 2.83. The van der Waals surface area contributed by atoms with E-state index in [0.29, 0.717) is 28.5 Å². The first-order valence-corrected chi connectivity index (χ1v) is 5.43. The van der Waals surface area contributed by atoms with Crippen LogP contribution < -0.4 is 10.5 Å². The molecule has 0 unspecified atom stereocenters. The van der Waals surface area contributed by atoms with Crippen LogP contribution in [0.4, 0.5) is 5.69 Å². The van der Waals surface area contributed by atoms with Crippen LogP contribution in [0.5, 0.6) is 11.6 Å². The molecule has 1 aromatic carbocycles. The van der Waals surface area contributed by atoms with Crippen molar-refractivity contribution in [1.82, 2.24) is 19.9 Å². The van der Waals surface area contributed by atoms with Crippen LogP contribution in [-0.4, -0.2) is 19.9 Å². The van der Waals surface area contributed by atoms with Gasteiger partial charge < -0.3 is 15.5 Å². The van der Waals surface area contributed by atoms with Gasteiger partial charge >= 0.3 is 0 Å². The summed E-state index contributed by atoms with van der Waals surface area (Å²) in [7, 11) is 0. The molecule has 0 atom stereocenters. The standard InChI is InChI=1S/C12H11N5O/c1-7-3-2-4-8(13)10(7)18-12-9-11(15-5-14-9)16-6-17-12/h2-6H,13H2,1H3,(H,14,15,16,17). The number of rotatable bonds is 2. The summed E-state index contributed by atoms with van der Waals surface area (Å²) in [5.74, 6) is 1.02. The minimum atomic E-state index is 0.415. The Morgan fingerprint density at radius 1 is 1.22 bits per heavy atom. The van der Waals surface area contributed by atoms with Gasteiger partial charge in [-0.2, -0.15) is 4.98 Å². The molecule has 0 radical (unpaired) electrons. The van der Waals surface area contributed by atoms with Gasteiger partial charge in [0.15, 0.2) is 11.4 Å². The number of hydrogen-bond donors (Lipinski definition) is 2. The van der Waals surface area contributed by atoms with Crippen LogP contribution >= 0.6 is 0 Å². The predicted octanol–water partition coefficient (Wildman–Crippen LogP) is 2.04. The fraction of sp³-hybridized carbons (Fsp3) is 0.0833. The number of aromatic nitrogens is 4. The van der Waals surface area contributed by atoms with Gasteiger partial charge in [0, 0.05) is 0 Å². The third kappa shape index (κ3) is 1.64. The predicted molar refractivity (Wildman–Crippen MR) is 67.3 cm³/mol. The van der Waals surface area contributed by atoms with Crippen molar-refractivity contribution in [3.05, 3.63) is 36.4 Å². The molecule has 2 aromatic heterocycles. The molecule has 2 heterocycles. The zero-order valence-corrected chi connectivity index (χ0v) is 9.71. The van der Waals surface area contributed by atoms with Gasteiger partial charge in [-0.1, -0.05) is 12.1 Å². The molecule has 0 aliphatic carbocycles. The maximum absolute atomic E-state index is 5.89. The third-order valence-electron chi connectivity index (χ3n) is 2.63. The SMILES string of the molecule is Cc1cccc(N)c1Oc1ncnc2nc[nH]c12. The Balaban J connectivity index is 2.09. The number of hydrogen-bond acceptors (Lipinski definition) is 5. The van der Waals surface area contributed by atoms with Crippen molar-refractivity contribution in [1.29, 1.82) is 0 Å². The number of para-hydroxylation sites is 1. The molecule has 0 aliphatic heterocycles. The van der Waals surface area contributed by atoms with Crippen LogP contribution in [0.3, 0.4) is 0 Å². The van der Waals surface area contributed by atoms with Gasteiger partial charge in [0.1, 0.15) is 11.8 Å². The van der Waals surface area contributed by atoms with Crippen molar-refractivity contribution in [2.75, 3.05) is 5.73 Å². The Labute approximate surface area is 103 Å². The summed E-state index contributed by atoms with van der Waals surface area (Å²) in [4.78, 5) is 15.1. The quantitative estimate of drug-likeness (QED) is 0.670. The molecule has 0 spiro atoms. The lowest BCUT2D eigenvalue weighted by molar-refractivity contribution is 0.466. The van der Waals surface area contributed by atoms with E-state index in [1.165, 1.54) is 6.33 Å². The number of fused-ring (bicyclic) bond motifs is 1. The highest BCUT2D eigenvalue weighted by Gasteiger charge is 2.11. The summed E-state index contributed by atoms with van der Waals surface area (Å²) < 4.78 is 5.76. The molecule has 3 N–H and O–H groups in total. The lowest BCUT2D eigenvalue weighted by atomic mass is 10.2. The van der Waals surface area contributed by atoms with Gasteiger partial charge in [0.25, 0.3) is 0 Å². The Morgan fingerprint density at radius 3 is 2.94 bits per heavy atom. The summed E-state index contributed by atoms with van der Waals surface area (Å²) in [5.41, 5.74) is 8.63. The maximum atomic E-state index is 5.89. The highest BCUT2D eigenvalue weighted by Crippen LogP contribution is 2.31. The van der Waals surface area contributed by atoms with Gasteiger partial charge in [-0.15, -0.1) is 0 Å². The van der Waals surface area contributed by atoms with E-state index in [9.17, 15) is 0 Å². The molecule has 18 heavy (non-hydrogen) atoms. The summed E-state index contributed by atoms with van der Waals surface area (Å²) in [5, 5.41) is 0. The summed E-state index contributed by atoms with van der Waals surface area (Å²) in [6, 6.07) is 5.59. The van der Waals surface area contributed by atoms with Crippen LogP contribution in [0.15, 0.2) is 30.9 Å². The van der Waals surface area contributed by atoms with Crippen LogP contribution in [0.1, 0.15) is 5.56 Å². The van der Waals surface area contributed by atoms with Crippen LogP contribution in [-0.2, 0) is 0 Å². The second kappa shape index (κ2) is 3.99. The topological polar surface area (TPSA) is 89.7 Å². The van der Waals surface area contributed by atoms with Crippen molar-refractivity contribution < 1.29 is 4.74 Å². The number of H-pyrrole nitrogens is 1. The Kier molecular flexibility index (Phi) is 2.33. The highest BCUT2D eigenvalue weighted by atomic mass is 16.5. The highest BCUT2D eigenvalue weighted by molar-refractivity contribution is 5.76. The molecule has 6 heteroatoms. The number of aromatic amines is 1. The van der Waals surface area contributed by atoms with E-state index in [0.717, 1.165) is 5.56 Å². The Bertz CT molecular complexity index is 686. The van der Waals surface area contributed by atoms with Crippen molar-refractivity contribution in [3.63, 3.8) is 0 Å². The molecule has 90 valence electrons. The average molecular weight is 241 g/mol. The van der Waals surface area contributed by atoms with E-state index in [4.69, 9.17) is 10.5 Å². The molecule has 0 saturated carbocycles. The van der Waals surface area contributed by atoms with Crippen molar-refractivity contribution in [2.24, 2.45) is 0 Å². The van der Waals surface area contributed by atoms with E-state index in [-0.39, 0.29) is 0 Å². The molecular formula is C12H11N5O. The minimum absolute atomic E-state index is 0.415. The van der Waals surface area contributed by atoms with Crippen LogP contribution in [0.2, 0.25) is 0 Å². The number of nitrogens with one attached hydrogen (secondary N) is 1. The molecule has 0 aliphatic rings. The molecule has 0 fully saturated rings. The van der Waals surface area contributed by atoms with Crippen LogP contribution in [0.25, 0.3) is 11.2 Å². The van der Waals surface area contributed by atoms with E-state index >= 15 is 0 Å². The van der Waals surface area contributed by atoms with Gasteiger partial charge in [0.05, 0.1) is 12.0 Å². The smallest absolute Gasteiger partial charge is 0.248 e. The molecular weight excluding hydrogens is 230 g/mol. The first-order valence-electron chi connectivity index (χ1n) is 5.43. The molecule has 0 amide bonds. The second-order valence-corrected chi connectivity index (χ2v) is 3.88. The van der Waals surface area contributed by atoms with Crippen molar-refractivity contribution in [3.8, 4) is 11.6 Å². The number of nitrogen functional groups attached to an aromatic ring is 1. The van der Waals surface area contributed by atoms with Crippen molar-refractivity contribution in [2.45, 2.75) is 6.92 Å². The maximum Gasteiger partial charge on any atom is 0.248 e. The summed E-state index contributed by atoms with van der Waals surface area (Å²) in [6.45, 7) is 1.93. The lowest BCUT2D eigenvalue weighted by Gasteiger charge is -2.10. The molecule has 0 bridgehead atoms. The Morgan fingerprint density at radius 2 is 2.11 bits per heavy atom. The van der Waals surface area contributed by atoms with E-state index in [1.807, 2.05) is 19.1 Å². The van der Waals surface area contributed by atoms with Gasteiger partial charge in [-0.25, -0.2) is 9.97 Å². The number of nitrogens with two attached hydrogens (primary N) is 1. The van der Waals surface area contributed by atoms with Gasteiger partial charge in [-0.3, -0.25) is 0 Å². The fourth-order valence-electron chi connectivity index (χ4n) is 1.73. The third-order valence-corrected chi connectivity index (χ3v) is 2.63. The molecule has 3 rings (SSSR count). The summed E-state index contributed by atoms with van der Waals surface area (Å²) in [6.07, 6.45) is 2.96. The fourth-order valence-corrected chi connectivity index (χ4v) is 1.73. The lowest BCUT2D eigenvalue weighted by Crippen LogP contribution is -1.97. The Hall–Kier alpha value is -2.63. The van der Waals surface area contributed by atoms with E-state index < -0.39 is 0 Å². The molecule has 6 nitrogen and oxygen atoms in total. The number of benzene rings is 1. The number of anilines is 1. The van der Waals surface area contributed by atoms with Crippen molar-refractivity contribution >= 4 is 16.9 Å². The first kappa shape index (κ1) is 10.5. The number of nitrogens with zero attached hydrogens (tertiary/aromatic N) is 3. The normalized spacial score (nSPS) is 10.7. The zero-order chi connectivity index (χ0) is 12.5. The number of aryl methyl sites for hydroxylation is 1. The zero-order valence-electron chi connectivity index (χ0n) is 9.71. The van der Waals surface area contributed by atoms with Gasteiger partial charge in [-0.05, 0) is 18.6 Å². The largest absolute Gasteiger partial charge is 0.434 e.